The number of benzene rings is 1. The number of imide groups is 1. The van der Waals surface area contributed by atoms with Crippen LogP contribution < -0.4 is 9.80 Å². The number of piperazine rings is 1. The molecule has 0 spiro atoms. The van der Waals surface area contributed by atoms with E-state index < -0.39 is 0 Å². The molecule has 1 saturated carbocycles. The quantitative estimate of drug-likeness (QED) is 0.333. The van der Waals surface area contributed by atoms with Crippen molar-refractivity contribution in [3.8, 4) is 0 Å². The van der Waals surface area contributed by atoms with Crippen molar-refractivity contribution in [1.29, 1.82) is 0 Å². The summed E-state index contributed by atoms with van der Waals surface area (Å²) in [5.74, 6) is 0.263. The van der Waals surface area contributed by atoms with Gasteiger partial charge in [0.15, 0.2) is 0 Å². The van der Waals surface area contributed by atoms with Gasteiger partial charge < -0.3 is 14.5 Å². The molecule has 2 heterocycles. The Labute approximate surface area is 182 Å². The van der Waals surface area contributed by atoms with Gasteiger partial charge in [0, 0.05) is 5.56 Å². The molecule has 2 saturated heterocycles. The van der Waals surface area contributed by atoms with Gasteiger partial charge in [-0.3, -0.25) is 14.5 Å². The van der Waals surface area contributed by atoms with Crippen molar-refractivity contribution in [2.45, 2.75) is 13.0 Å². The molecular weight excluding hydrogens is 394 g/mol. The minimum Gasteiger partial charge on any atom is -0.465 e. The number of carbonyl (C=O) groups excluding carboxylic acids is 3. The number of carbonyl (C=O) groups is 3. The van der Waals surface area contributed by atoms with Crippen LogP contribution in [0.2, 0.25) is 0 Å². The molecule has 0 radical (unpaired) electrons. The number of esters is 1. The van der Waals surface area contributed by atoms with Crippen LogP contribution in [0.25, 0.3) is 0 Å². The van der Waals surface area contributed by atoms with Gasteiger partial charge in [-0.05, 0) is 30.4 Å². The molecule has 0 aromatic heterocycles. The zero-order valence-electron chi connectivity index (χ0n) is 18.0. The van der Waals surface area contributed by atoms with Gasteiger partial charge >= 0.3 is 5.97 Å². The van der Waals surface area contributed by atoms with Crippen molar-refractivity contribution in [3.05, 3.63) is 47.5 Å². The highest BCUT2D eigenvalue weighted by Crippen LogP contribution is 2.52. The summed E-state index contributed by atoms with van der Waals surface area (Å²) >= 11 is 0. The first kappa shape index (κ1) is 20.4. The number of hydrogen-bond acceptors (Lipinski definition) is 4. The van der Waals surface area contributed by atoms with Crippen molar-refractivity contribution >= 4 is 17.8 Å². The van der Waals surface area contributed by atoms with Gasteiger partial charge in [0.05, 0.1) is 37.6 Å². The van der Waals surface area contributed by atoms with Crippen LogP contribution in [0.4, 0.5) is 0 Å². The lowest BCUT2D eigenvalue weighted by Gasteiger charge is -2.30. The summed E-state index contributed by atoms with van der Waals surface area (Å²) in [5, 5.41) is 0. The third kappa shape index (κ3) is 3.70. The highest BCUT2D eigenvalue weighted by molar-refractivity contribution is 6.06. The second kappa shape index (κ2) is 8.20. The summed E-state index contributed by atoms with van der Waals surface area (Å²) in [6.45, 7) is 6.57. The summed E-state index contributed by atoms with van der Waals surface area (Å²) in [5.41, 5.74) is 1.79. The fraction of sp³-hybridized carbons (Fsp3) is 0.542. The predicted molar refractivity (Wildman–Crippen MR) is 112 cm³/mol. The van der Waals surface area contributed by atoms with E-state index >= 15 is 0 Å². The Hall–Kier alpha value is -2.51. The lowest BCUT2D eigenvalue weighted by molar-refractivity contribution is -1.02. The molecule has 5 rings (SSSR count). The Bertz CT molecular complexity index is 874. The zero-order chi connectivity index (χ0) is 21.5. The Kier molecular flexibility index (Phi) is 5.40. The summed E-state index contributed by atoms with van der Waals surface area (Å²) in [6, 6.07) is 7.65. The average molecular weight is 426 g/mol. The maximum absolute atomic E-state index is 12.8. The van der Waals surface area contributed by atoms with Crippen molar-refractivity contribution in [2.24, 2.45) is 23.7 Å². The smallest absolute Gasteiger partial charge is 0.337 e. The highest BCUT2D eigenvalue weighted by Gasteiger charge is 2.59. The van der Waals surface area contributed by atoms with Crippen LogP contribution in [-0.4, -0.2) is 69.1 Å². The molecule has 3 fully saturated rings. The van der Waals surface area contributed by atoms with E-state index in [1.54, 1.807) is 4.90 Å². The van der Waals surface area contributed by atoms with Gasteiger partial charge in [-0.2, -0.15) is 0 Å². The average Bonchev–Trinajstić information content (AvgIpc) is 3.48. The van der Waals surface area contributed by atoms with E-state index in [-0.39, 0.29) is 41.5 Å². The number of allylic oxidation sites excluding steroid dienone is 2. The van der Waals surface area contributed by atoms with Crippen molar-refractivity contribution in [1.82, 2.24) is 4.90 Å². The van der Waals surface area contributed by atoms with Gasteiger partial charge in [-0.15, -0.1) is 0 Å². The fourth-order valence-corrected chi connectivity index (χ4v) is 6.00. The maximum Gasteiger partial charge on any atom is 0.337 e. The van der Waals surface area contributed by atoms with Gasteiger partial charge in [0.2, 0.25) is 11.8 Å². The maximum atomic E-state index is 12.8. The van der Waals surface area contributed by atoms with Gasteiger partial charge in [-0.1, -0.05) is 24.3 Å². The molecule has 164 valence electrons. The van der Waals surface area contributed by atoms with Crippen molar-refractivity contribution in [2.75, 3.05) is 46.4 Å². The van der Waals surface area contributed by atoms with Crippen LogP contribution in [0.3, 0.4) is 0 Å². The van der Waals surface area contributed by atoms with E-state index in [1.807, 2.05) is 24.3 Å². The molecule has 31 heavy (non-hydrogen) atoms. The number of hydrogen-bond donors (Lipinski definition) is 2. The third-order valence-corrected chi connectivity index (χ3v) is 7.74. The monoisotopic (exact) mass is 425 g/mol. The molecule has 1 aromatic rings. The number of likely N-dealkylation sites (tertiary alicyclic amines) is 1. The topological polar surface area (TPSA) is 72.6 Å². The van der Waals surface area contributed by atoms with Crippen LogP contribution in [0, 0.1) is 23.7 Å². The molecule has 7 heteroatoms. The fourth-order valence-electron chi connectivity index (χ4n) is 6.00. The molecule has 2 aliphatic carbocycles. The Balaban J connectivity index is 1.08. The number of nitrogens with zero attached hydrogens (tertiary/aromatic N) is 1. The SMILES string of the molecule is COC(=O)c1ccc(C[NH+]2CC[NH+](CCN3C(=O)[C@H]4[C@H](C3=O)[C@@H]3C=C[C@@H]4C3)CC2)cc1. The van der Waals surface area contributed by atoms with Gasteiger partial charge in [-0.25, -0.2) is 4.79 Å². The summed E-state index contributed by atoms with van der Waals surface area (Å²) in [6.07, 6.45) is 5.29. The van der Waals surface area contributed by atoms with E-state index in [4.69, 9.17) is 4.74 Å². The lowest BCUT2D eigenvalue weighted by Crippen LogP contribution is -3.27. The standard InChI is InChI=1S/C24H29N3O4/c1-31-24(30)17-4-2-16(3-5-17)15-26-10-8-25(9-11-26)12-13-27-22(28)20-18-6-7-19(14-18)21(20)23(27)29/h2-7,18-21H,8-15H2,1H3/p+2/t18-,19-,20-,21-/m1/s1. The number of amides is 2. The minimum atomic E-state index is -0.307. The van der Waals surface area contributed by atoms with E-state index in [9.17, 15) is 14.4 Å². The Morgan fingerprint density at radius 2 is 1.55 bits per heavy atom. The molecule has 0 unspecified atom stereocenters. The molecule has 2 bridgehead atoms. The van der Waals surface area contributed by atoms with Crippen LogP contribution in [-0.2, 0) is 20.9 Å². The number of quaternary nitrogens is 2. The Morgan fingerprint density at radius 3 is 2.13 bits per heavy atom. The predicted octanol–water partition coefficient (Wildman–Crippen LogP) is -1.44. The molecule has 2 N–H and O–H groups in total. The number of ether oxygens (including phenoxy) is 1. The van der Waals surface area contributed by atoms with E-state index in [0.717, 1.165) is 45.7 Å². The zero-order valence-corrected chi connectivity index (χ0v) is 18.0. The van der Waals surface area contributed by atoms with Gasteiger partial charge in [0.25, 0.3) is 0 Å². The molecule has 2 aliphatic heterocycles. The summed E-state index contributed by atoms with van der Waals surface area (Å²) in [7, 11) is 1.39. The van der Waals surface area contributed by atoms with Crippen LogP contribution in [0.15, 0.2) is 36.4 Å². The van der Waals surface area contributed by atoms with E-state index in [0.29, 0.717) is 12.1 Å². The lowest BCUT2D eigenvalue weighted by atomic mass is 9.85. The number of fused-ring (bicyclic) bond motifs is 5. The second-order valence-electron chi connectivity index (χ2n) is 9.44. The first-order valence-corrected chi connectivity index (χ1v) is 11.4. The van der Waals surface area contributed by atoms with Gasteiger partial charge in [0.1, 0.15) is 32.7 Å². The second-order valence-corrected chi connectivity index (χ2v) is 9.44. The van der Waals surface area contributed by atoms with Crippen LogP contribution in [0.1, 0.15) is 22.3 Å². The first-order valence-electron chi connectivity index (χ1n) is 11.4. The molecular formula is C24H31N3O4+2. The molecule has 4 atom stereocenters. The highest BCUT2D eigenvalue weighted by atomic mass is 16.5. The van der Waals surface area contributed by atoms with Crippen molar-refractivity contribution in [3.63, 3.8) is 0 Å². The van der Waals surface area contributed by atoms with E-state index in [1.165, 1.54) is 22.5 Å². The molecule has 1 aromatic carbocycles. The number of rotatable bonds is 6. The molecule has 4 aliphatic rings. The first-order chi connectivity index (χ1) is 15.0. The Morgan fingerprint density at radius 1 is 0.968 bits per heavy atom. The van der Waals surface area contributed by atoms with E-state index in [2.05, 4.69) is 12.2 Å². The number of nitrogens with one attached hydrogen (secondary N) is 2. The molecule has 2 amide bonds. The normalized spacial score (nSPS) is 33.8. The summed E-state index contributed by atoms with van der Waals surface area (Å²) in [4.78, 5) is 41.8. The third-order valence-electron chi connectivity index (χ3n) is 7.74. The molecule has 7 nitrogen and oxygen atoms in total. The summed E-state index contributed by atoms with van der Waals surface area (Å²) < 4.78 is 4.75. The van der Waals surface area contributed by atoms with Crippen molar-refractivity contribution < 1.29 is 28.9 Å². The van der Waals surface area contributed by atoms with Crippen LogP contribution >= 0.6 is 0 Å². The minimum absolute atomic E-state index is 0.0749. The van der Waals surface area contributed by atoms with Crippen LogP contribution in [0.5, 0.6) is 0 Å². The largest absolute Gasteiger partial charge is 0.465 e. The number of methoxy groups -OCH3 is 1.